The summed E-state index contributed by atoms with van der Waals surface area (Å²) in [6.07, 6.45) is 6.72. The van der Waals surface area contributed by atoms with Crippen LogP contribution in [0.1, 0.15) is 44.2 Å². The zero-order valence-corrected chi connectivity index (χ0v) is 14.7. The maximum Gasteiger partial charge on any atom is 0.131 e. The Hall–Kier alpha value is -2.09. The number of allylic oxidation sites excluding steroid dienone is 2. The molecule has 1 aliphatic carbocycles. The Bertz CT molecular complexity index is 759. The Morgan fingerprint density at radius 2 is 1.88 bits per heavy atom. The van der Waals surface area contributed by atoms with Gasteiger partial charge in [0.2, 0.25) is 0 Å². The molecule has 0 heterocycles. The molecule has 0 N–H and O–H groups in total. The molecule has 2 aromatic rings. The predicted octanol–water partition coefficient (Wildman–Crippen LogP) is 6.27. The molecule has 0 fully saturated rings. The fourth-order valence-corrected chi connectivity index (χ4v) is 3.44. The van der Waals surface area contributed by atoms with Crippen molar-refractivity contribution in [2.45, 2.75) is 39.5 Å². The zero-order chi connectivity index (χ0) is 17.1. The summed E-state index contributed by atoms with van der Waals surface area (Å²) >= 11 is 0. The van der Waals surface area contributed by atoms with Crippen LogP contribution in [0, 0.1) is 11.7 Å². The molecule has 0 bridgehead atoms. The van der Waals surface area contributed by atoms with Crippen LogP contribution in [0.2, 0.25) is 0 Å². The van der Waals surface area contributed by atoms with Gasteiger partial charge in [-0.15, -0.1) is 0 Å². The molecule has 0 aromatic heterocycles. The van der Waals surface area contributed by atoms with Crippen LogP contribution in [-0.4, -0.2) is 7.11 Å². The summed E-state index contributed by atoms with van der Waals surface area (Å²) < 4.78 is 19.8. The molecule has 0 radical (unpaired) electrons. The van der Waals surface area contributed by atoms with Crippen molar-refractivity contribution in [1.29, 1.82) is 0 Å². The highest BCUT2D eigenvalue weighted by molar-refractivity contribution is 5.83. The van der Waals surface area contributed by atoms with E-state index in [0.29, 0.717) is 17.2 Å². The largest absolute Gasteiger partial charge is 0.497 e. The molecular formula is C22H25FO. The van der Waals surface area contributed by atoms with Crippen molar-refractivity contribution in [1.82, 2.24) is 0 Å². The summed E-state index contributed by atoms with van der Waals surface area (Å²) in [6, 6.07) is 11.4. The summed E-state index contributed by atoms with van der Waals surface area (Å²) in [5, 5.41) is 0. The lowest BCUT2D eigenvalue weighted by Crippen LogP contribution is -1.98. The van der Waals surface area contributed by atoms with Crippen LogP contribution in [0.4, 0.5) is 4.39 Å². The average Bonchev–Trinajstić information content (AvgIpc) is 3.09. The zero-order valence-electron chi connectivity index (χ0n) is 14.7. The van der Waals surface area contributed by atoms with Crippen LogP contribution in [0.3, 0.4) is 0 Å². The van der Waals surface area contributed by atoms with Gasteiger partial charge in [-0.05, 0) is 72.1 Å². The van der Waals surface area contributed by atoms with E-state index in [2.05, 4.69) is 38.1 Å². The van der Waals surface area contributed by atoms with Crippen LogP contribution >= 0.6 is 0 Å². The molecule has 1 aliphatic rings. The van der Waals surface area contributed by atoms with Gasteiger partial charge in [0.1, 0.15) is 11.6 Å². The number of benzene rings is 2. The number of halogens is 1. The minimum Gasteiger partial charge on any atom is -0.497 e. The molecule has 3 rings (SSSR count). The Morgan fingerprint density at radius 1 is 1.04 bits per heavy atom. The van der Waals surface area contributed by atoms with E-state index in [-0.39, 0.29) is 5.82 Å². The van der Waals surface area contributed by atoms with Crippen molar-refractivity contribution >= 4 is 5.57 Å². The first-order valence-electron chi connectivity index (χ1n) is 8.74. The highest BCUT2D eigenvalue weighted by atomic mass is 19.1. The van der Waals surface area contributed by atoms with Crippen molar-refractivity contribution in [2.24, 2.45) is 5.92 Å². The van der Waals surface area contributed by atoms with Gasteiger partial charge in [-0.3, -0.25) is 0 Å². The smallest absolute Gasteiger partial charge is 0.131 e. The first kappa shape index (κ1) is 16.8. The fourth-order valence-electron chi connectivity index (χ4n) is 3.44. The van der Waals surface area contributed by atoms with E-state index in [0.717, 1.165) is 24.8 Å². The summed E-state index contributed by atoms with van der Waals surface area (Å²) in [5.41, 5.74) is 5.43. The quantitative estimate of drug-likeness (QED) is 0.630. The van der Waals surface area contributed by atoms with Gasteiger partial charge in [-0.1, -0.05) is 38.1 Å². The summed E-state index contributed by atoms with van der Waals surface area (Å²) in [6.45, 7) is 4.45. The minimum absolute atomic E-state index is 0.202. The van der Waals surface area contributed by atoms with Crippen LogP contribution in [-0.2, 0) is 6.42 Å². The van der Waals surface area contributed by atoms with E-state index in [9.17, 15) is 4.39 Å². The van der Waals surface area contributed by atoms with Gasteiger partial charge in [-0.25, -0.2) is 4.39 Å². The normalized spacial score (nSPS) is 14.1. The molecule has 2 aromatic carbocycles. The molecule has 0 saturated heterocycles. The van der Waals surface area contributed by atoms with E-state index in [1.807, 2.05) is 0 Å². The monoisotopic (exact) mass is 324 g/mol. The second kappa shape index (κ2) is 7.21. The molecule has 0 atom stereocenters. The second-order valence-corrected chi connectivity index (χ2v) is 6.95. The summed E-state index contributed by atoms with van der Waals surface area (Å²) in [4.78, 5) is 0. The summed E-state index contributed by atoms with van der Waals surface area (Å²) in [7, 11) is 1.61. The minimum atomic E-state index is -0.202. The Morgan fingerprint density at radius 3 is 2.54 bits per heavy atom. The summed E-state index contributed by atoms with van der Waals surface area (Å²) in [5.74, 6) is 1.09. The number of rotatable bonds is 5. The van der Waals surface area contributed by atoms with Gasteiger partial charge in [0, 0.05) is 5.56 Å². The number of hydrogen-bond acceptors (Lipinski definition) is 1. The van der Waals surface area contributed by atoms with Gasteiger partial charge in [0.15, 0.2) is 0 Å². The van der Waals surface area contributed by atoms with E-state index >= 15 is 0 Å². The lowest BCUT2D eigenvalue weighted by atomic mass is 9.90. The Balaban J connectivity index is 2.13. The van der Waals surface area contributed by atoms with Gasteiger partial charge >= 0.3 is 0 Å². The first-order valence-corrected chi connectivity index (χ1v) is 8.74. The van der Waals surface area contributed by atoms with Gasteiger partial charge < -0.3 is 4.74 Å². The van der Waals surface area contributed by atoms with E-state index < -0.39 is 0 Å². The molecule has 0 aliphatic heterocycles. The molecule has 1 nitrogen and oxygen atoms in total. The maximum absolute atomic E-state index is 14.5. The molecule has 2 heteroatoms. The SMILES string of the molecule is COc1ccc(F)c(-c2ccc(CC(C)C)cc2C2=CCCC2)c1. The average molecular weight is 324 g/mol. The van der Waals surface area contributed by atoms with Gasteiger partial charge in [0.25, 0.3) is 0 Å². The number of hydrogen-bond donors (Lipinski definition) is 0. The van der Waals surface area contributed by atoms with Crippen molar-refractivity contribution < 1.29 is 9.13 Å². The van der Waals surface area contributed by atoms with Crippen LogP contribution in [0.25, 0.3) is 16.7 Å². The van der Waals surface area contributed by atoms with Gasteiger partial charge in [0.05, 0.1) is 7.11 Å². The third-order valence-corrected chi connectivity index (χ3v) is 4.58. The highest BCUT2D eigenvalue weighted by Gasteiger charge is 2.17. The molecule has 0 amide bonds. The molecule has 0 saturated carbocycles. The van der Waals surface area contributed by atoms with E-state index in [1.54, 1.807) is 19.2 Å². The Kier molecular flexibility index (Phi) is 5.03. The van der Waals surface area contributed by atoms with Crippen molar-refractivity contribution in [3.05, 3.63) is 59.4 Å². The Labute approximate surface area is 144 Å². The lowest BCUT2D eigenvalue weighted by Gasteiger charge is -2.16. The lowest BCUT2D eigenvalue weighted by molar-refractivity contribution is 0.414. The van der Waals surface area contributed by atoms with Crippen LogP contribution < -0.4 is 4.74 Å². The van der Waals surface area contributed by atoms with E-state index in [1.165, 1.54) is 29.2 Å². The van der Waals surface area contributed by atoms with Crippen molar-refractivity contribution in [3.63, 3.8) is 0 Å². The predicted molar refractivity (Wildman–Crippen MR) is 98.8 cm³/mol. The number of ether oxygens (including phenoxy) is 1. The standard InChI is InChI=1S/C22H25FO/c1-15(2)12-16-8-10-19(20(13-16)17-6-4-5-7-17)21-14-18(24-3)9-11-22(21)23/h6,8-11,13-15H,4-5,7,12H2,1-3H3. The van der Waals surface area contributed by atoms with Crippen molar-refractivity contribution in [2.75, 3.05) is 7.11 Å². The number of methoxy groups -OCH3 is 1. The molecule has 0 unspecified atom stereocenters. The van der Waals surface area contributed by atoms with Gasteiger partial charge in [-0.2, -0.15) is 0 Å². The highest BCUT2D eigenvalue weighted by Crippen LogP contribution is 2.38. The third-order valence-electron chi connectivity index (χ3n) is 4.58. The molecule has 24 heavy (non-hydrogen) atoms. The van der Waals surface area contributed by atoms with Crippen molar-refractivity contribution in [3.8, 4) is 16.9 Å². The maximum atomic E-state index is 14.5. The van der Waals surface area contributed by atoms with E-state index in [4.69, 9.17) is 4.74 Å². The topological polar surface area (TPSA) is 9.23 Å². The third kappa shape index (κ3) is 3.53. The molecule has 0 spiro atoms. The first-order chi connectivity index (χ1) is 11.6. The van der Waals surface area contributed by atoms with Crippen LogP contribution in [0.5, 0.6) is 5.75 Å². The fraction of sp³-hybridized carbons (Fsp3) is 0.364. The second-order valence-electron chi connectivity index (χ2n) is 6.95. The van der Waals surface area contributed by atoms with Crippen LogP contribution in [0.15, 0.2) is 42.5 Å². The molecule has 126 valence electrons. The molecular weight excluding hydrogens is 299 g/mol.